The van der Waals surface area contributed by atoms with Crippen LogP contribution in [0.4, 0.5) is 0 Å². The molecule has 4 nitrogen and oxygen atoms in total. The molecule has 2 fully saturated rings. The fourth-order valence-corrected chi connectivity index (χ4v) is 4.39. The van der Waals surface area contributed by atoms with E-state index in [9.17, 15) is 4.79 Å². The zero-order chi connectivity index (χ0) is 20.7. The first-order valence-electron chi connectivity index (χ1n) is 11.0. The van der Waals surface area contributed by atoms with Crippen LogP contribution in [0.2, 0.25) is 0 Å². The number of unbranched alkanes of at least 4 members (excludes halogenated alkanes) is 1. The molecule has 3 N–H and O–H groups in total. The van der Waals surface area contributed by atoms with Crippen molar-refractivity contribution in [2.45, 2.75) is 91.1 Å². The van der Waals surface area contributed by atoms with Crippen LogP contribution in [0.1, 0.15) is 79.1 Å². The first-order chi connectivity index (χ1) is 13.3. The lowest BCUT2D eigenvalue weighted by molar-refractivity contribution is -0.136. The van der Waals surface area contributed by atoms with Crippen molar-refractivity contribution in [2.75, 3.05) is 13.1 Å². The van der Waals surface area contributed by atoms with E-state index >= 15 is 0 Å². The fourth-order valence-electron chi connectivity index (χ4n) is 4.28. The van der Waals surface area contributed by atoms with E-state index in [2.05, 4.69) is 44.9 Å². The molecule has 1 aliphatic carbocycles. The highest BCUT2D eigenvalue weighted by atomic mass is 32.1. The Balaban J connectivity index is 1.90. The van der Waals surface area contributed by atoms with E-state index in [0.717, 1.165) is 31.7 Å². The second-order valence-electron chi connectivity index (χ2n) is 9.60. The highest BCUT2D eigenvalue weighted by Gasteiger charge is 2.38. The Hall–Kier alpha value is -1.12. The van der Waals surface area contributed by atoms with Gasteiger partial charge in [-0.25, -0.2) is 0 Å². The van der Waals surface area contributed by atoms with Crippen molar-refractivity contribution in [1.29, 1.82) is 0 Å². The molecular weight excluding hydrogens is 366 g/mol. The van der Waals surface area contributed by atoms with E-state index in [1.165, 1.54) is 32.1 Å². The minimum Gasteiger partial charge on any atom is -0.367 e. The second-order valence-corrected chi connectivity index (χ2v) is 10.1. The monoisotopic (exact) mass is 405 g/mol. The van der Waals surface area contributed by atoms with E-state index in [1.807, 2.05) is 4.90 Å². The van der Waals surface area contributed by atoms with Crippen LogP contribution in [-0.2, 0) is 4.79 Å². The first-order valence-corrected chi connectivity index (χ1v) is 11.4. The summed E-state index contributed by atoms with van der Waals surface area (Å²) in [5.74, 6) is 8.50. The average Bonchev–Trinajstić information content (AvgIpc) is 3.07. The molecule has 158 valence electrons. The lowest BCUT2D eigenvalue weighted by Crippen LogP contribution is -2.56. The third-order valence-corrected chi connectivity index (χ3v) is 6.39. The zero-order valence-corrected chi connectivity index (χ0v) is 19.0. The summed E-state index contributed by atoms with van der Waals surface area (Å²) in [6.07, 6.45) is 9.44. The van der Waals surface area contributed by atoms with Crippen LogP contribution in [0.25, 0.3) is 0 Å². The molecule has 0 bridgehead atoms. The quantitative estimate of drug-likeness (QED) is 0.498. The van der Waals surface area contributed by atoms with Gasteiger partial charge in [0.15, 0.2) is 0 Å². The highest BCUT2D eigenvalue weighted by Crippen LogP contribution is 2.36. The summed E-state index contributed by atoms with van der Waals surface area (Å²) in [4.78, 5) is 15.9. The van der Waals surface area contributed by atoms with Gasteiger partial charge in [-0.15, -0.1) is 5.92 Å². The maximum absolute atomic E-state index is 13.3. The fraction of sp³-hybridized carbons (Fsp3) is 0.826. The first kappa shape index (κ1) is 23.2. The maximum Gasteiger partial charge on any atom is 0.245 e. The van der Waals surface area contributed by atoms with Crippen molar-refractivity contribution in [1.82, 2.24) is 10.2 Å². The molecule has 2 aliphatic rings. The topological polar surface area (TPSA) is 58.4 Å². The van der Waals surface area contributed by atoms with Crippen LogP contribution >= 0.6 is 12.2 Å². The maximum atomic E-state index is 13.3. The molecule has 2 rings (SSSR count). The molecule has 0 radical (unpaired) electrons. The Morgan fingerprint density at radius 2 is 2.07 bits per heavy atom. The smallest absolute Gasteiger partial charge is 0.245 e. The van der Waals surface area contributed by atoms with E-state index in [4.69, 9.17) is 18.0 Å². The number of hydrogen-bond acceptors (Lipinski definition) is 3. The number of amides is 1. The van der Waals surface area contributed by atoms with Crippen LogP contribution in [0.5, 0.6) is 0 Å². The molecule has 28 heavy (non-hydrogen) atoms. The van der Waals surface area contributed by atoms with Gasteiger partial charge in [-0.3, -0.25) is 4.79 Å². The average molecular weight is 406 g/mol. The third-order valence-electron chi connectivity index (χ3n) is 6.11. The van der Waals surface area contributed by atoms with Gasteiger partial charge >= 0.3 is 0 Å². The van der Waals surface area contributed by atoms with Crippen LogP contribution in [-0.4, -0.2) is 41.0 Å². The standard InChI is InChI=1S/C23H39N3OS/c1-5-6-9-17-14-18(15-17)10-7-11-19-12-8-13-26(19)22(27)21(23(2,3)4)25-20(28)16-24/h17-19,21H,5-6,8-9,11-16,24H2,1-4H3,(H,25,28)/t17?,18?,19-,21+/m0/s1. The molecule has 2 atom stereocenters. The molecular formula is C23H39N3OS. The van der Waals surface area contributed by atoms with E-state index in [1.54, 1.807) is 0 Å². The molecule has 0 spiro atoms. The van der Waals surface area contributed by atoms with Crippen molar-refractivity contribution < 1.29 is 4.79 Å². The summed E-state index contributed by atoms with van der Waals surface area (Å²) in [6.45, 7) is 9.55. The Morgan fingerprint density at radius 1 is 1.36 bits per heavy atom. The number of hydrogen-bond donors (Lipinski definition) is 2. The van der Waals surface area contributed by atoms with Gasteiger partial charge < -0.3 is 16.0 Å². The van der Waals surface area contributed by atoms with Crippen molar-refractivity contribution >= 4 is 23.1 Å². The van der Waals surface area contributed by atoms with Crippen molar-refractivity contribution in [3.05, 3.63) is 0 Å². The number of rotatable bonds is 7. The number of carbonyl (C=O) groups excluding carboxylic acids is 1. The van der Waals surface area contributed by atoms with Crippen molar-refractivity contribution in [3.63, 3.8) is 0 Å². The highest BCUT2D eigenvalue weighted by molar-refractivity contribution is 7.80. The number of nitrogens with zero attached hydrogens (tertiary/aromatic N) is 1. The molecule has 0 aromatic heterocycles. The summed E-state index contributed by atoms with van der Waals surface area (Å²) < 4.78 is 0. The Labute approximate surface area is 177 Å². The van der Waals surface area contributed by atoms with Crippen molar-refractivity contribution in [2.24, 2.45) is 23.0 Å². The summed E-state index contributed by atoms with van der Waals surface area (Å²) in [5, 5.41) is 3.20. The lowest BCUT2D eigenvalue weighted by atomic mass is 9.73. The molecule has 1 amide bonds. The summed E-state index contributed by atoms with van der Waals surface area (Å²) in [6, 6.07) is -0.114. The molecule has 1 aliphatic heterocycles. The van der Waals surface area contributed by atoms with Gasteiger partial charge in [0.25, 0.3) is 0 Å². The SMILES string of the molecule is CCCCC1CC(C#CC[C@H]2CCCN2C(=O)[C@@H](NC(=S)CN)C(C)(C)C)C1. The zero-order valence-electron chi connectivity index (χ0n) is 18.2. The summed E-state index contributed by atoms with van der Waals surface area (Å²) in [5.41, 5.74) is 5.42. The Kier molecular flexibility index (Phi) is 8.77. The molecule has 0 unspecified atom stereocenters. The molecule has 1 saturated carbocycles. The van der Waals surface area contributed by atoms with E-state index < -0.39 is 0 Å². The van der Waals surface area contributed by atoms with Gasteiger partial charge in [0, 0.05) is 31.5 Å². The Morgan fingerprint density at radius 3 is 2.68 bits per heavy atom. The predicted molar refractivity (Wildman–Crippen MR) is 121 cm³/mol. The van der Waals surface area contributed by atoms with Gasteiger partial charge in [-0.1, -0.05) is 65.1 Å². The van der Waals surface area contributed by atoms with Crippen LogP contribution in [0, 0.1) is 29.1 Å². The third kappa shape index (κ3) is 6.46. The molecule has 5 heteroatoms. The largest absolute Gasteiger partial charge is 0.367 e. The predicted octanol–water partition coefficient (Wildman–Crippen LogP) is 3.88. The second kappa shape index (κ2) is 10.6. The van der Waals surface area contributed by atoms with Crippen LogP contribution in [0.3, 0.4) is 0 Å². The number of nitrogens with two attached hydrogens (primary N) is 1. The van der Waals surface area contributed by atoms with Gasteiger partial charge in [0.1, 0.15) is 6.04 Å². The number of nitrogens with one attached hydrogen (secondary N) is 1. The summed E-state index contributed by atoms with van der Waals surface area (Å²) in [7, 11) is 0. The number of likely N-dealkylation sites (tertiary alicyclic amines) is 1. The van der Waals surface area contributed by atoms with Gasteiger partial charge in [0.2, 0.25) is 5.91 Å². The summed E-state index contributed by atoms with van der Waals surface area (Å²) >= 11 is 5.25. The van der Waals surface area contributed by atoms with Crippen LogP contribution in [0.15, 0.2) is 0 Å². The Bertz CT molecular complexity index is 595. The lowest BCUT2D eigenvalue weighted by Gasteiger charge is -2.36. The van der Waals surface area contributed by atoms with Crippen LogP contribution < -0.4 is 11.1 Å². The van der Waals surface area contributed by atoms with E-state index in [-0.39, 0.29) is 30.0 Å². The number of thiocarbonyl (C=S) groups is 1. The minimum absolute atomic E-state index is 0.135. The van der Waals surface area contributed by atoms with Crippen molar-refractivity contribution in [3.8, 4) is 11.8 Å². The molecule has 0 aromatic rings. The normalized spacial score (nSPS) is 25.5. The molecule has 0 aromatic carbocycles. The molecule has 1 heterocycles. The van der Waals surface area contributed by atoms with Gasteiger partial charge in [-0.05, 0) is 37.0 Å². The number of carbonyl (C=O) groups is 1. The van der Waals surface area contributed by atoms with Gasteiger partial charge in [0.05, 0.1) is 4.99 Å². The van der Waals surface area contributed by atoms with E-state index in [0.29, 0.717) is 10.9 Å². The molecule has 1 saturated heterocycles. The minimum atomic E-state index is -0.344. The van der Waals surface area contributed by atoms with Gasteiger partial charge in [-0.2, -0.15) is 0 Å².